The Morgan fingerprint density at radius 3 is 2.76 bits per heavy atom. The van der Waals surface area contributed by atoms with Crippen LogP contribution >= 0.6 is 11.6 Å². The van der Waals surface area contributed by atoms with Crippen LogP contribution in [0.5, 0.6) is 0 Å². The summed E-state index contributed by atoms with van der Waals surface area (Å²) in [7, 11) is 1.22. The Hall–Kier alpha value is -1.62. The Bertz CT molecular complexity index is 447. The number of nitrogens with zero attached hydrogens (tertiary/aromatic N) is 1. The first-order chi connectivity index (χ1) is 7.95. The second-order valence-corrected chi connectivity index (χ2v) is 4.11. The van der Waals surface area contributed by atoms with Gasteiger partial charge in [-0.1, -0.05) is 12.1 Å². The van der Waals surface area contributed by atoms with Crippen molar-refractivity contribution in [1.82, 2.24) is 0 Å². The zero-order valence-electron chi connectivity index (χ0n) is 9.47. The van der Waals surface area contributed by atoms with Crippen molar-refractivity contribution in [3.63, 3.8) is 0 Å². The van der Waals surface area contributed by atoms with Crippen molar-refractivity contribution in [2.24, 2.45) is 0 Å². The minimum Gasteiger partial charge on any atom is -0.468 e. The molecule has 1 rings (SSSR count). The van der Waals surface area contributed by atoms with Gasteiger partial charge in [-0.15, -0.1) is 11.6 Å². The van der Waals surface area contributed by atoms with E-state index in [4.69, 9.17) is 11.6 Å². The molecule has 1 aromatic rings. The van der Waals surface area contributed by atoms with Gasteiger partial charge in [-0.3, -0.25) is 14.9 Å². The van der Waals surface area contributed by atoms with Crippen LogP contribution in [-0.4, -0.2) is 23.4 Å². The smallest absolute Gasteiger partial charge is 0.324 e. The van der Waals surface area contributed by atoms with Gasteiger partial charge >= 0.3 is 5.97 Å². The van der Waals surface area contributed by atoms with E-state index in [-0.39, 0.29) is 12.1 Å². The van der Waals surface area contributed by atoms with E-state index in [1.807, 2.05) is 0 Å². The number of hydrogen-bond donors (Lipinski definition) is 0. The molecule has 0 saturated heterocycles. The fourth-order valence-electron chi connectivity index (χ4n) is 1.42. The first-order valence-electron chi connectivity index (χ1n) is 4.91. The number of alkyl halides is 1. The van der Waals surface area contributed by atoms with Crippen LogP contribution in [-0.2, 0) is 16.0 Å². The molecule has 0 N–H and O–H groups in total. The number of ether oxygens (including phenoxy) is 1. The molecule has 1 atom stereocenters. The Labute approximate surface area is 103 Å². The number of nitro groups is 1. The Morgan fingerprint density at radius 1 is 1.59 bits per heavy atom. The van der Waals surface area contributed by atoms with Gasteiger partial charge in [-0.2, -0.15) is 0 Å². The molecule has 1 aromatic carbocycles. The van der Waals surface area contributed by atoms with E-state index in [1.165, 1.54) is 13.2 Å². The third-order valence-electron chi connectivity index (χ3n) is 2.29. The van der Waals surface area contributed by atoms with Crippen molar-refractivity contribution >= 4 is 23.3 Å². The number of rotatable bonds is 4. The van der Waals surface area contributed by atoms with Gasteiger partial charge in [0.15, 0.2) is 0 Å². The van der Waals surface area contributed by atoms with Crippen LogP contribution in [0, 0.1) is 17.0 Å². The minimum atomic E-state index is -0.915. The Kier molecular flexibility index (Phi) is 4.45. The van der Waals surface area contributed by atoms with Crippen LogP contribution in [0.15, 0.2) is 18.2 Å². The summed E-state index contributed by atoms with van der Waals surface area (Å²) in [6, 6.07) is 4.80. The highest BCUT2D eigenvalue weighted by Gasteiger charge is 2.21. The zero-order chi connectivity index (χ0) is 13.0. The van der Waals surface area contributed by atoms with E-state index in [2.05, 4.69) is 4.74 Å². The molecule has 0 aliphatic rings. The van der Waals surface area contributed by atoms with Crippen molar-refractivity contribution in [2.75, 3.05) is 7.11 Å². The van der Waals surface area contributed by atoms with E-state index in [0.717, 1.165) is 5.56 Å². The van der Waals surface area contributed by atoms with Crippen LogP contribution in [0.4, 0.5) is 5.69 Å². The summed E-state index contributed by atoms with van der Waals surface area (Å²) >= 11 is 5.79. The van der Waals surface area contributed by atoms with Gasteiger partial charge in [-0.05, 0) is 12.5 Å². The molecule has 17 heavy (non-hydrogen) atoms. The third kappa shape index (κ3) is 3.42. The van der Waals surface area contributed by atoms with E-state index in [1.54, 1.807) is 19.1 Å². The quantitative estimate of drug-likeness (QED) is 0.359. The van der Waals surface area contributed by atoms with E-state index >= 15 is 0 Å². The molecule has 0 bridgehead atoms. The standard InChI is InChI=1S/C11H12ClNO4/c1-7-3-4-8(10(5-7)13(15)16)6-9(12)11(14)17-2/h3-5,9H,6H2,1-2H3. The predicted octanol–water partition coefficient (Wildman–Crippen LogP) is 2.23. The normalized spacial score (nSPS) is 11.9. The molecule has 0 radical (unpaired) electrons. The van der Waals surface area contributed by atoms with Crippen molar-refractivity contribution in [2.45, 2.75) is 18.7 Å². The summed E-state index contributed by atoms with van der Waals surface area (Å²) < 4.78 is 4.47. The number of esters is 1. The molecule has 0 aliphatic heterocycles. The lowest BCUT2D eigenvalue weighted by molar-refractivity contribution is -0.385. The van der Waals surface area contributed by atoms with Crippen LogP contribution in [0.1, 0.15) is 11.1 Å². The second kappa shape index (κ2) is 5.63. The fraction of sp³-hybridized carbons (Fsp3) is 0.364. The van der Waals surface area contributed by atoms with Crippen molar-refractivity contribution in [3.05, 3.63) is 39.4 Å². The number of methoxy groups -OCH3 is 1. The molecule has 0 saturated carbocycles. The minimum absolute atomic E-state index is 0.0282. The summed E-state index contributed by atoms with van der Waals surface area (Å²) in [5.74, 6) is -0.596. The molecule has 0 aliphatic carbocycles. The molecule has 6 heteroatoms. The van der Waals surface area contributed by atoms with E-state index in [0.29, 0.717) is 5.56 Å². The SMILES string of the molecule is COC(=O)C(Cl)Cc1ccc(C)cc1[N+](=O)[O-]. The molecule has 5 nitrogen and oxygen atoms in total. The maximum absolute atomic E-state index is 11.1. The fourth-order valence-corrected chi connectivity index (χ4v) is 1.68. The average molecular weight is 258 g/mol. The summed E-state index contributed by atoms with van der Waals surface area (Å²) in [5.41, 5.74) is 1.18. The first kappa shape index (κ1) is 13.4. The number of carbonyl (C=O) groups excluding carboxylic acids is 1. The number of halogens is 1. The summed E-state index contributed by atoms with van der Waals surface area (Å²) in [6.45, 7) is 1.76. The lowest BCUT2D eigenvalue weighted by Crippen LogP contribution is -2.19. The number of benzene rings is 1. The van der Waals surface area contributed by atoms with Crippen molar-refractivity contribution < 1.29 is 14.5 Å². The van der Waals surface area contributed by atoms with Crippen LogP contribution in [0.2, 0.25) is 0 Å². The first-order valence-corrected chi connectivity index (χ1v) is 5.35. The van der Waals surface area contributed by atoms with Gasteiger partial charge < -0.3 is 4.74 Å². The molecule has 0 aromatic heterocycles. The third-order valence-corrected chi connectivity index (χ3v) is 2.63. The monoisotopic (exact) mass is 257 g/mol. The number of nitro benzene ring substituents is 1. The Balaban J connectivity index is 2.98. The average Bonchev–Trinajstić information content (AvgIpc) is 2.29. The lowest BCUT2D eigenvalue weighted by atomic mass is 10.1. The molecular formula is C11H12ClNO4. The molecule has 0 heterocycles. The molecule has 0 fully saturated rings. The van der Waals surface area contributed by atoms with E-state index in [9.17, 15) is 14.9 Å². The maximum atomic E-state index is 11.1. The van der Waals surface area contributed by atoms with Gasteiger partial charge in [0.25, 0.3) is 5.69 Å². The topological polar surface area (TPSA) is 69.4 Å². The summed E-state index contributed by atoms with van der Waals surface area (Å²) in [5, 5.41) is 9.93. The largest absolute Gasteiger partial charge is 0.468 e. The van der Waals surface area contributed by atoms with Crippen LogP contribution in [0.25, 0.3) is 0 Å². The zero-order valence-corrected chi connectivity index (χ0v) is 10.2. The Morgan fingerprint density at radius 2 is 2.24 bits per heavy atom. The summed E-state index contributed by atoms with van der Waals surface area (Å²) in [6.07, 6.45) is 0.0742. The van der Waals surface area contributed by atoms with Gasteiger partial charge in [0.1, 0.15) is 5.38 Å². The highest BCUT2D eigenvalue weighted by molar-refractivity contribution is 6.30. The summed E-state index contributed by atoms with van der Waals surface area (Å²) in [4.78, 5) is 21.5. The number of hydrogen-bond acceptors (Lipinski definition) is 4. The molecule has 0 spiro atoms. The number of carbonyl (C=O) groups is 1. The second-order valence-electron chi connectivity index (χ2n) is 3.58. The number of aryl methyl sites for hydroxylation is 1. The highest BCUT2D eigenvalue weighted by Crippen LogP contribution is 2.23. The molecule has 0 amide bonds. The predicted molar refractivity (Wildman–Crippen MR) is 63.2 cm³/mol. The van der Waals surface area contributed by atoms with Crippen molar-refractivity contribution in [3.8, 4) is 0 Å². The molecular weight excluding hydrogens is 246 g/mol. The van der Waals surface area contributed by atoms with Crippen molar-refractivity contribution in [1.29, 1.82) is 0 Å². The highest BCUT2D eigenvalue weighted by atomic mass is 35.5. The maximum Gasteiger partial charge on any atom is 0.324 e. The van der Waals surface area contributed by atoms with Gasteiger partial charge in [0.05, 0.1) is 12.0 Å². The van der Waals surface area contributed by atoms with Crippen LogP contribution < -0.4 is 0 Å². The van der Waals surface area contributed by atoms with Crippen LogP contribution in [0.3, 0.4) is 0 Å². The molecule has 1 unspecified atom stereocenters. The molecule has 92 valence electrons. The van der Waals surface area contributed by atoms with E-state index < -0.39 is 16.3 Å². The van der Waals surface area contributed by atoms with Gasteiger partial charge in [0, 0.05) is 18.1 Å². The van der Waals surface area contributed by atoms with Gasteiger partial charge in [-0.25, -0.2) is 0 Å². The van der Waals surface area contributed by atoms with Gasteiger partial charge in [0.2, 0.25) is 0 Å². The lowest BCUT2D eigenvalue weighted by Gasteiger charge is -2.08.